The topological polar surface area (TPSA) is 0 Å². The summed E-state index contributed by atoms with van der Waals surface area (Å²) in [7, 11) is 0. The van der Waals surface area contributed by atoms with Crippen molar-refractivity contribution in [2.24, 2.45) is 0 Å². The van der Waals surface area contributed by atoms with E-state index in [-0.39, 0.29) is 0 Å². The fourth-order valence-corrected chi connectivity index (χ4v) is 13.2. The van der Waals surface area contributed by atoms with Gasteiger partial charge >= 0.3 is 0 Å². The van der Waals surface area contributed by atoms with E-state index >= 15 is 0 Å². The molecule has 0 radical (unpaired) electrons. The lowest BCUT2D eigenvalue weighted by Gasteiger charge is -2.24. The van der Waals surface area contributed by atoms with E-state index in [0.717, 1.165) is 56.3 Å². The molecule has 29 heavy (non-hydrogen) atoms. The molecule has 0 nitrogen and oxygen atoms in total. The van der Waals surface area contributed by atoms with Gasteiger partial charge in [-0.1, -0.05) is 159 Å². The van der Waals surface area contributed by atoms with E-state index in [1.165, 1.54) is 44.5 Å². The minimum atomic E-state index is 0.783. The molecular weight excluding hydrogens is 1030 g/mol. The van der Waals surface area contributed by atoms with Gasteiger partial charge in [0.25, 0.3) is 0 Å². The molecule has 2 aromatic rings. The minimum Gasteiger partial charge on any atom is -0.0876 e. The lowest BCUT2D eigenvalue weighted by atomic mass is 9.89. The first-order valence-electron chi connectivity index (χ1n) is 8.19. The van der Waals surface area contributed by atoms with E-state index in [4.69, 9.17) is 0 Å². The standard InChI is InChI=1S/C19H14Br10/c20-2-10-8(11(3-21)17(27)14(6-24)16(10)26)1-9-12(4-22)18(28)15(7-25)19(29)13(9)5-23/h1-7H2. The molecule has 0 amide bonds. The third kappa shape index (κ3) is 5.91. The molecule has 0 spiro atoms. The zero-order chi connectivity index (χ0) is 21.9. The summed E-state index contributed by atoms with van der Waals surface area (Å²) in [6.07, 6.45) is 0.837. The molecular formula is C19H14Br10. The third-order valence-electron chi connectivity index (χ3n) is 4.73. The van der Waals surface area contributed by atoms with Gasteiger partial charge in [-0.15, -0.1) is 0 Å². The molecule has 10 heteroatoms. The highest BCUT2D eigenvalue weighted by atomic mass is 79.9. The normalized spacial score (nSPS) is 11.4. The fraction of sp³-hybridized carbons (Fsp3) is 0.368. The first-order valence-corrected chi connectivity index (χ1v) is 18.1. The summed E-state index contributed by atoms with van der Waals surface area (Å²) >= 11 is 37.6. The van der Waals surface area contributed by atoms with Crippen molar-refractivity contribution in [3.05, 3.63) is 62.4 Å². The van der Waals surface area contributed by atoms with Gasteiger partial charge in [-0.25, -0.2) is 0 Å². The van der Waals surface area contributed by atoms with Crippen molar-refractivity contribution in [3.63, 3.8) is 0 Å². The maximum absolute atomic E-state index is 3.85. The van der Waals surface area contributed by atoms with Crippen molar-refractivity contribution in [3.8, 4) is 0 Å². The van der Waals surface area contributed by atoms with Crippen LogP contribution in [0, 0.1) is 0 Å². The molecule has 0 saturated heterocycles. The van der Waals surface area contributed by atoms with Crippen LogP contribution in [0.4, 0.5) is 0 Å². The molecule has 0 heterocycles. The van der Waals surface area contributed by atoms with Gasteiger partial charge in [-0.05, 0) is 50.9 Å². The molecule has 0 unspecified atom stereocenters. The van der Waals surface area contributed by atoms with Gasteiger partial charge in [0.05, 0.1) is 0 Å². The van der Waals surface area contributed by atoms with Crippen molar-refractivity contribution in [1.82, 2.24) is 0 Å². The van der Waals surface area contributed by atoms with Gasteiger partial charge in [-0.3, -0.25) is 0 Å². The summed E-state index contributed by atoms with van der Waals surface area (Å²) in [6, 6.07) is 0. The molecule has 2 aromatic carbocycles. The number of benzene rings is 2. The van der Waals surface area contributed by atoms with Gasteiger partial charge in [-0.2, -0.15) is 0 Å². The van der Waals surface area contributed by atoms with Crippen LogP contribution in [0.5, 0.6) is 0 Å². The highest BCUT2D eigenvalue weighted by molar-refractivity contribution is 9.12. The van der Waals surface area contributed by atoms with E-state index in [1.54, 1.807) is 0 Å². The molecule has 0 fully saturated rings. The number of halogens is 10. The number of hydrogen-bond donors (Lipinski definition) is 0. The molecule has 0 bridgehead atoms. The lowest BCUT2D eigenvalue weighted by molar-refractivity contribution is 1.03. The second kappa shape index (κ2) is 13.4. The summed E-state index contributed by atoms with van der Waals surface area (Å²) in [4.78, 5) is 0. The summed E-state index contributed by atoms with van der Waals surface area (Å²) in [5, 5.41) is 4.70. The monoisotopic (exact) mass is 1030 g/mol. The molecule has 0 aliphatic rings. The SMILES string of the molecule is BrCc1c(Br)c(CBr)c(Cc2c(CBr)c(Br)c(CBr)c(Br)c2CBr)c(CBr)c1Br. The molecule has 0 aliphatic heterocycles. The van der Waals surface area contributed by atoms with Crippen LogP contribution in [0.3, 0.4) is 0 Å². The Hall–Kier alpha value is 3.24. The van der Waals surface area contributed by atoms with Crippen molar-refractivity contribution in [1.29, 1.82) is 0 Å². The Kier molecular flexibility index (Phi) is 13.1. The lowest BCUT2D eigenvalue weighted by Crippen LogP contribution is -2.09. The van der Waals surface area contributed by atoms with E-state index < -0.39 is 0 Å². The van der Waals surface area contributed by atoms with Gasteiger partial charge in [0.15, 0.2) is 0 Å². The predicted octanol–water partition coefficient (Wildman–Crippen LogP) is 11.7. The van der Waals surface area contributed by atoms with E-state index in [2.05, 4.69) is 159 Å². The molecule has 0 aromatic heterocycles. The van der Waals surface area contributed by atoms with Crippen LogP contribution in [-0.2, 0) is 38.4 Å². The Morgan fingerprint density at radius 2 is 0.517 bits per heavy atom. The first kappa shape index (κ1) is 28.5. The van der Waals surface area contributed by atoms with Crippen molar-refractivity contribution < 1.29 is 0 Å². The maximum atomic E-state index is 3.85. The summed E-state index contributed by atoms with van der Waals surface area (Å²) < 4.78 is 4.59. The Morgan fingerprint density at radius 1 is 0.310 bits per heavy atom. The third-order valence-corrected chi connectivity index (χ3v) is 11.9. The Labute approximate surface area is 256 Å². The maximum Gasteiger partial charge on any atom is 0.0305 e. The number of rotatable bonds is 8. The predicted molar refractivity (Wildman–Crippen MR) is 162 cm³/mol. The minimum absolute atomic E-state index is 0.783. The zero-order valence-corrected chi connectivity index (χ0v) is 30.6. The zero-order valence-electron chi connectivity index (χ0n) is 14.7. The highest BCUT2D eigenvalue weighted by Gasteiger charge is 2.24. The van der Waals surface area contributed by atoms with Gasteiger partial charge < -0.3 is 0 Å². The quantitative estimate of drug-likeness (QED) is 0.231. The van der Waals surface area contributed by atoms with Crippen LogP contribution in [0.25, 0.3) is 0 Å². The van der Waals surface area contributed by atoms with E-state index in [0.29, 0.717) is 0 Å². The second-order valence-corrected chi connectivity index (χ2v) is 12.6. The fourth-order valence-electron chi connectivity index (χ4n) is 3.21. The van der Waals surface area contributed by atoms with Gasteiger partial charge in [0.1, 0.15) is 0 Å². The largest absolute Gasteiger partial charge is 0.0876 e. The Bertz CT molecular complexity index is 771. The first-order chi connectivity index (χ1) is 13.8. The van der Waals surface area contributed by atoms with E-state index in [1.807, 2.05) is 0 Å². The second-order valence-electron chi connectivity index (χ2n) is 6.06. The van der Waals surface area contributed by atoms with Crippen LogP contribution in [0.2, 0.25) is 0 Å². The molecule has 0 N–H and O–H groups in total. The number of alkyl halides is 6. The van der Waals surface area contributed by atoms with Crippen molar-refractivity contribution in [2.45, 2.75) is 38.4 Å². The van der Waals surface area contributed by atoms with Gasteiger partial charge in [0, 0.05) is 49.9 Å². The molecule has 0 aliphatic carbocycles. The molecule has 0 saturated carbocycles. The Balaban J connectivity index is 2.87. The van der Waals surface area contributed by atoms with E-state index in [9.17, 15) is 0 Å². The van der Waals surface area contributed by atoms with Crippen LogP contribution >= 0.6 is 159 Å². The Morgan fingerprint density at radius 3 is 0.690 bits per heavy atom. The van der Waals surface area contributed by atoms with Crippen LogP contribution in [0.1, 0.15) is 44.5 Å². The van der Waals surface area contributed by atoms with Gasteiger partial charge in [0.2, 0.25) is 0 Å². The van der Waals surface area contributed by atoms with Crippen LogP contribution in [-0.4, -0.2) is 0 Å². The molecule has 160 valence electrons. The average Bonchev–Trinajstić information content (AvgIpc) is 2.69. The summed E-state index contributed by atoms with van der Waals surface area (Å²) in [5.74, 6) is 0. The molecule has 0 atom stereocenters. The summed E-state index contributed by atoms with van der Waals surface area (Å²) in [6.45, 7) is 0. The number of hydrogen-bond acceptors (Lipinski definition) is 0. The smallest absolute Gasteiger partial charge is 0.0305 e. The van der Waals surface area contributed by atoms with Crippen LogP contribution in [0.15, 0.2) is 17.9 Å². The van der Waals surface area contributed by atoms with Crippen molar-refractivity contribution >= 4 is 159 Å². The molecule has 2 rings (SSSR count). The van der Waals surface area contributed by atoms with Crippen molar-refractivity contribution in [2.75, 3.05) is 0 Å². The summed E-state index contributed by atoms with van der Waals surface area (Å²) in [5.41, 5.74) is 10.3. The average molecular weight is 1040 g/mol. The highest BCUT2D eigenvalue weighted by Crippen LogP contribution is 2.44. The van der Waals surface area contributed by atoms with Crippen LogP contribution < -0.4 is 0 Å².